The summed E-state index contributed by atoms with van der Waals surface area (Å²) in [5.41, 5.74) is 0.520. The van der Waals surface area contributed by atoms with Gasteiger partial charge in [0.15, 0.2) is 0 Å². The highest BCUT2D eigenvalue weighted by Crippen LogP contribution is 2.31. The first kappa shape index (κ1) is 9.40. The summed E-state index contributed by atoms with van der Waals surface area (Å²) in [4.78, 5) is 8.21. The van der Waals surface area contributed by atoms with Crippen molar-refractivity contribution in [3.63, 3.8) is 0 Å². The second-order valence-electron chi connectivity index (χ2n) is 4.02. The minimum Gasteiger partial charge on any atom is -0.388 e. The number of hydrogen-bond acceptors (Lipinski definition) is 4. The highest BCUT2D eigenvalue weighted by Gasteiger charge is 2.34. The Bertz CT molecular complexity index is 306. The number of anilines is 1. The van der Waals surface area contributed by atoms with Crippen LogP contribution < -0.4 is 5.32 Å². The van der Waals surface area contributed by atoms with E-state index in [1.165, 1.54) is 0 Å². The maximum atomic E-state index is 9.81. The van der Waals surface area contributed by atoms with Crippen molar-refractivity contribution in [2.24, 2.45) is 0 Å². The Morgan fingerprint density at radius 1 is 1.43 bits per heavy atom. The van der Waals surface area contributed by atoms with Gasteiger partial charge in [0.2, 0.25) is 5.95 Å². The van der Waals surface area contributed by atoms with Crippen LogP contribution in [0.3, 0.4) is 0 Å². The molecule has 76 valence electrons. The van der Waals surface area contributed by atoms with E-state index in [1.807, 2.05) is 6.92 Å². The zero-order valence-corrected chi connectivity index (χ0v) is 8.32. The molecule has 2 rings (SSSR count). The number of hydrogen-bond donors (Lipinski definition) is 2. The second kappa shape index (κ2) is 3.53. The lowest BCUT2D eigenvalue weighted by molar-refractivity contribution is -0.0203. The van der Waals surface area contributed by atoms with Crippen LogP contribution in [0.4, 0.5) is 5.95 Å². The summed E-state index contributed by atoms with van der Waals surface area (Å²) < 4.78 is 0. The maximum Gasteiger partial charge on any atom is 0.222 e. The van der Waals surface area contributed by atoms with Gasteiger partial charge in [0, 0.05) is 18.9 Å². The van der Waals surface area contributed by atoms with Gasteiger partial charge in [-0.25, -0.2) is 9.97 Å². The van der Waals surface area contributed by atoms with Gasteiger partial charge in [-0.15, -0.1) is 0 Å². The van der Waals surface area contributed by atoms with E-state index in [2.05, 4.69) is 15.3 Å². The van der Waals surface area contributed by atoms with Crippen LogP contribution in [0.2, 0.25) is 0 Å². The molecule has 1 aromatic rings. The molecular formula is C10H15N3O. The van der Waals surface area contributed by atoms with Gasteiger partial charge in [-0.3, -0.25) is 0 Å². The summed E-state index contributed by atoms with van der Waals surface area (Å²) in [7, 11) is 0. The minimum atomic E-state index is -0.520. The molecule has 1 fully saturated rings. The first-order chi connectivity index (χ1) is 6.68. The molecule has 0 spiro atoms. The Morgan fingerprint density at radius 3 is 2.57 bits per heavy atom. The Hall–Kier alpha value is -1.16. The Kier molecular flexibility index (Phi) is 2.37. The van der Waals surface area contributed by atoms with E-state index < -0.39 is 5.60 Å². The molecule has 0 unspecified atom stereocenters. The fraction of sp³-hybridized carbons (Fsp3) is 0.600. The van der Waals surface area contributed by atoms with E-state index in [0.29, 0.717) is 12.5 Å². The van der Waals surface area contributed by atoms with Crippen molar-refractivity contribution in [1.82, 2.24) is 9.97 Å². The molecule has 1 heterocycles. The third kappa shape index (κ3) is 2.01. The van der Waals surface area contributed by atoms with Crippen molar-refractivity contribution in [3.05, 3.63) is 18.0 Å². The monoisotopic (exact) mass is 193 g/mol. The summed E-state index contributed by atoms with van der Waals surface area (Å²) in [6.07, 6.45) is 6.41. The third-order valence-electron chi connectivity index (χ3n) is 2.64. The molecule has 1 saturated carbocycles. The van der Waals surface area contributed by atoms with Crippen molar-refractivity contribution in [1.29, 1.82) is 0 Å². The largest absolute Gasteiger partial charge is 0.388 e. The van der Waals surface area contributed by atoms with Gasteiger partial charge < -0.3 is 10.4 Å². The van der Waals surface area contributed by atoms with Gasteiger partial charge in [0.05, 0.1) is 5.60 Å². The predicted molar refractivity (Wildman–Crippen MR) is 54.1 cm³/mol. The molecular weight excluding hydrogens is 178 g/mol. The predicted octanol–water partition coefficient (Wildman–Crippen LogP) is 1.11. The molecule has 1 aliphatic rings. The van der Waals surface area contributed by atoms with E-state index >= 15 is 0 Å². The van der Waals surface area contributed by atoms with E-state index in [0.717, 1.165) is 24.8 Å². The van der Waals surface area contributed by atoms with E-state index in [9.17, 15) is 5.11 Å². The van der Waals surface area contributed by atoms with Crippen LogP contribution in [0.25, 0.3) is 0 Å². The van der Waals surface area contributed by atoms with Gasteiger partial charge in [-0.05, 0) is 31.7 Å². The molecule has 0 amide bonds. The van der Waals surface area contributed by atoms with E-state index in [-0.39, 0.29) is 0 Å². The lowest BCUT2D eigenvalue weighted by Crippen LogP contribution is -2.43. The number of rotatable bonds is 3. The average Bonchev–Trinajstić information content (AvgIpc) is 2.14. The third-order valence-corrected chi connectivity index (χ3v) is 2.64. The van der Waals surface area contributed by atoms with Crippen molar-refractivity contribution in [2.75, 3.05) is 11.9 Å². The van der Waals surface area contributed by atoms with Crippen molar-refractivity contribution in [2.45, 2.75) is 31.8 Å². The molecule has 0 saturated heterocycles. The van der Waals surface area contributed by atoms with Crippen LogP contribution in [0.1, 0.15) is 24.8 Å². The van der Waals surface area contributed by atoms with Gasteiger partial charge in [0.1, 0.15) is 0 Å². The first-order valence-electron chi connectivity index (χ1n) is 4.93. The summed E-state index contributed by atoms with van der Waals surface area (Å²) in [5, 5.41) is 12.8. The average molecular weight is 193 g/mol. The number of nitrogens with zero attached hydrogens (tertiary/aromatic N) is 2. The first-order valence-corrected chi connectivity index (χ1v) is 4.93. The van der Waals surface area contributed by atoms with Crippen molar-refractivity contribution < 1.29 is 5.11 Å². The molecule has 0 aliphatic heterocycles. The number of aryl methyl sites for hydroxylation is 1. The summed E-state index contributed by atoms with van der Waals surface area (Å²) in [6.45, 7) is 2.50. The summed E-state index contributed by atoms with van der Waals surface area (Å²) in [6, 6.07) is 0. The van der Waals surface area contributed by atoms with Crippen LogP contribution in [0.5, 0.6) is 0 Å². The van der Waals surface area contributed by atoms with Gasteiger partial charge in [0.25, 0.3) is 0 Å². The molecule has 1 aliphatic carbocycles. The molecule has 1 aromatic heterocycles. The topological polar surface area (TPSA) is 58.0 Å². The van der Waals surface area contributed by atoms with Crippen LogP contribution in [-0.2, 0) is 0 Å². The van der Waals surface area contributed by atoms with E-state index in [4.69, 9.17) is 0 Å². The Morgan fingerprint density at radius 2 is 2.07 bits per heavy atom. The highest BCUT2D eigenvalue weighted by atomic mass is 16.3. The molecule has 0 atom stereocenters. The van der Waals surface area contributed by atoms with Crippen LogP contribution in [0, 0.1) is 6.92 Å². The molecule has 0 bridgehead atoms. The fourth-order valence-corrected chi connectivity index (χ4v) is 1.49. The van der Waals surface area contributed by atoms with E-state index in [1.54, 1.807) is 12.4 Å². The second-order valence-corrected chi connectivity index (χ2v) is 4.02. The van der Waals surface area contributed by atoms with Gasteiger partial charge in [-0.2, -0.15) is 0 Å². The zero-order chi connectivity index (χ0) is 10.0. The molecule has 0 radical (unpaired) electrons. The number of aromatic nitrogens is 2. The molecule has 0 aromatic carbocycles. The zero-order valence-electron chi connectivity index (χ0n) is 8.32. The lowest BCUT2D eigenvalue weighted by Gasteiger charge is -2.36. The summed E-state index contributed by atoms with van der Waals surface area (Å²) >= 11 is 0. The normalized spacial score (nSPS) is 18.7. The Labute approximate surface area is 83.4 Å². The Balaban J connectivity index is 1.88. The number of aliphatic hydroxyl groups is 1. The molecule has 4 heteroatoms. The lowest BCUT2D eigenvalue weighted by atomic mass is 9.80. The van der Waals surface area contributed by atoms with Gasteiger partial charge >= 0.3 is 0 Å². The molecule has 4 nitrogen and oxygen atoms in total. The van der Waals surface area contributed by atoms with Crippen LogP contribution >= 0.6 is 0 Å². The quantitative estimate of drug-likeness (QED) is 0.755. The van der Waals surface area contributed by atoms with Gasteiger partial charge in [-0.1, -0.05) is 0 Å². The SMILES string of the molecule is Cc1cnc(NCC2(O)CCC2)nc1. The van der Waals surface area contributed by atoms with Crippen molar-refractivity contribution >= 4 is 5.95 Å². The molecule has 14 heavy (non-hydrogen) atoms. The van der Waals surface area contributed by atoms with Crippen LogP contribution in [-0.4, -0.2) is 27.2 Å². The standard InChI is InChI=1S/C10H15N3O/c1-8-5-11-9(12-6-8)13-7-10(14)3-2-4-10/h5-6,14H,2-4,7H2,1H3,(H,11,12,13). The maximum absolute atomic E-state index is 9.81. The van der Waals surface area contributed by atoms with Crippen molar-refractivity contribution in [3.8, 4) is 0 Å². The smallest absolute Gasteiger partial charge is 0.222 e. The summed E-state index contributed by atoms with van der Waals surface area (Å²) in [5.74, 6) is 0.593. The fourth-order valence-electron chi connectivity index (χ4n) is 1.49. The highest BCUT2D eigenvalue weighted by molar-refractivity contribution is 5.25. The minimum absolute atomic E-state index is 0.520. The molecule has 2 N–H and O–H groups in total. The van der Waals surface area contributed by atoms with Crippen LogP contribution in [0.15, 0.2) is 12.4 Å². The number of nitrogens with one attached hydrogen (secondary N) is 1.